The molecule has 2 rings (SSSR count). The van der Waals surface area contributed by atoms with Crippen LogP contribution in [0.15, 0.2) is 35.7 Å². The van der Waals surface area contributed by atoms with Crippen LogP contribution >= 0.6 is 11.3 Å². The third-order valence-corrected chi connectivity index (χ3v) is 4.14. The number of nitrogens with zero attached hydrogens (tertiary/aromatic N) is 1. The number of nitrogens with one attached hydrogen (secondary N) is 1. The predicted molar refractivity (Wildman–Crippen MR) is 79.8 cm³/mol. The minimum Gasteiger partial charge on any atom is -0.502 e. The zero-order valence-electron chi connectivity index (χ0n) is 11.3. The van der Waals surface area contributed by atoms with Gasteiger partial charge < -0.3 is 10.4 Å². The summed E-state index contributed by atoms with van der Waals surface area (Å²) in [7, 11) is 0. The van der Waals surface area contributed by atoms with Crippen LogP contribution in [0.5, 0.6) is 5.75 Å². The van der Waals surface area contributed by atoms with Crippen LogP contribution in [-0.4, -0.2) is 22.5 Å². The summed E-state index contributed by atoms with van der Waals surface area (Å²) in [5.41, 5.74) is -0.327. The third-order valence-electron chi connectivity index (χ3n) is 3.03. The first-order valence-corrected chi connectivity index (χ1v) is 7.16. The second-order valence-corrected chi connectivity index (χ2v) is 5.57. The second-order valence-electron chi connectivity index (χ2n) is 4.59. The van der Waals surface area contributed by atoms with Gasteiger partial charge in [0, 0.05) is 29.0 Å². The first-order valence-electron chi connectivity index (χ1n) is 6.28. The van der Waals surface area contributed by atoms with E-state index >= 15 is 0 Å². The molecule has 2 N–H and O–H groups in total. The Kier molecular flexibility index (Phi) is 4.54. The number of amides is 1. The molecule has 0 aliphatic carbocycles. The van der Waals surface area contributed by atoms with Gasteiger partial charge in [-0.2, -0.15) is 0 Å². The molecule has 6 nitrogen and oxygen atoms in total. The Bertz CT molecular complexity index is 655. The minimum absolute atomic E-state index is 0.151. The van der Waals surface area contributed by atoms with E-state index in [9.17, 15) is 20.0 Å². The van der Waals surface area contributed by atoms with Crippen molar-refractivity contribution in [2.24, 2.45) is 0 Å². The van der Waals surface area contributed by atoms with E-state index in [1.807, 2.05) is 24.4 Å². The van der Waals surface area contributed by atoms with Crippen LogP contribution in [0.4, 0.5) is 5.69 Å². The zero-order valence-corrected chi connectivity index (χ0v) is 12.1. The molecule has 0 bridgehead atoms. The van der Waals surface area contributed by atoms with E-state index in [1.54, 1.807) is 11.3 Å². The van der Waals surface area contributed by atoms with Crippen molar-refractivity contribution in [1.29, 1.82) is 0 Å². The third kappa shape index (κ3) is 3.57. The molecule has 0 saturated heterocycles. The summed E-state index contributed by atoms with van der Waals surface area (Å²) in [5.74, 6) is -0.689. The van der Waals surface area contributed by atoms with Crippen LogP contribution < -0.4 is 5.32 Å². The maximum atomic E-state index is 12.0. The van der Waals surface area contributed by atoms with Gasteiger partial charge in [0.15, 0.2) is 5.75 Å². The van der Waals surface area contributed by atoms with Crippen LogP contribution in [0, 0.1) is 10.1 Å². The molecule has 0 aliphatic heterocycles. The summed E-state index contributed by atoms with van der Waals surface area (Å²) in [5, 5.41) is 24.8. The first-order chi connectivity index (χ1) is 9.99. The molecule has 1 amide bonds. The topological polar surface area (TPSA) is 92.5 Å². The summed E-state index contributed by atoms with van der Waals surface area (Å²) in [6.07, 6.45) is 0. The number of nitro benzene ring substituents is 1. The molecule has 1 aromatic carbocycles. The second kappa shape index (κ2) is 6.36. The molecular weight excluding hydrogens is 292 g/mol. The van der Waals surface area contributed by atoms with Crippen LogP contribution in [0.3, 0.4) is 0 Å². The fourth-order valence-electron chi connectivity index (χ4n) is 1.83. The fraction of sp³-hybridized carbons (Fsp3) is 0.214. The number of carbonyl (C=O) groups excluding carboxylic acids is 1. The van der Waals surface area contributed by atoms with Gasteiger partial charge in [0.1, 0.15) is 0 Å². The highest BCUT2D eigenvalue weighted by molar-refractivity contribution is 7.10. The summed E-state index contributed by atoms with van der Waals surface area (Å²) in [6, 6.07) is 7.51. The lowest BCUT2D eigenvalue weighted by Crippen LogP contribution is -2.27. The number of phenolic OH excluding ortho intramolecular Hbond substituents is 1. The van der Waals surface area contributed by atoms with Crippen LogP contribution in [0.1, 0.15) is 28.1 Å². The van der Waals surface area contributed by atoms with Gasteiger partial charge in [-0.05, 0) is 23.6 Å². The number of phenols is 1. The largest absolute Gasteiger partial charge is 0.502 e. The van der Waals surface area contributed by atoms with Gasteiger partial charge in [-0.3, -0.25) is 14.9 Å². The summed E-state index contributed by atoms with van der Waals surface area (Å²) >= 11 is 1.61. The number of thiophene rings is 1. The van der Waals surface area contributed by atoms with Crippen molar-refractivity contribution >= 4 is 22.9 Å². The molecule has 1 heterocycles. The number of benzene rings is 1. The van der Waals surface area contributed by atoms with E-state index in [0.29, 0.717) is 6.54 Å². The Morgan fingerprint density at radius 1 is 1.48 bits per heavy atom. The van der Waals surface area contributed by atoms with Crippen LogP contribution in [0.25, 0.3) is 0 Å². The van der Waals surface area contributed by atoms with Crippen molar-refractivity contribution in [3.63, 3.8) is 0 Å². The standard InChI is InChI=1S/C14H14N2O4S/c1-9(13-3-2-6-21-13)8-15-14(18)10-4-5-12(17)11(7-10)16(19)20/h2-7,9,17H,8H2,1H3,(H,15,18)/t9-/m0/s1. The molecule has 0 spiro atoms. The van der Waals surface area contributed by atoms with Gasteiger partial charge in [0.2, 0.25) is 0 Å². The van der Waals surface area contributed by atoms with Gasteiger partial charge >= 0.3 is 5.69 Å². The molecule has 0 aliphatic rings. The van der Waals surface area contributed by atoms with E-state index in [-0.39, 0.29) is 11.5 Å². The van der Waals surface area contributed by atoms with Crippen LogP contribution in [0.2, 0.25) is 0 Å². The van der Waals surface area contributed by atoms with Gasteiger partial charge in [-0.15, -0.1) is 11.3 Å². The number of nitro groups is 1. The Morgan fingerprint density at radius 3 is 2.86 bits per heavy atom. The molecule has 0 fully saturated rings. The quantitative estimate of drug-likeness (QED) is 0.656. The Labute approximate surface area is 125 Å². The molecule has 0 radical (unpaired) electrons. The maximum absolute atomic E-state index is 12.0. The summed E-state index contributed by atoms with van der Waals surface area (Å²) in [6.45, 7) is 2.43. The van der Waals surface area contributed by atoms with Crippen molar-refractivity contribution in [2.45, 2.75) is 12.8 Å². The normalized spacial score (nSPS) is 11.9. The average Bonchev–Trinajstić information content (AvgIpc) is 2.98. The Balaban J connectivity index is 2.04. The van der Waals surface area contributed by atoms with E-state index in [4.69, 9.17) is 0 Å². The number of rotatable bonds is 5. The monoisotopic (exact) mass is 306 g/mol. The zero-order chi connectivity index (χ0) is 15.4. The molecule has 0 unspecified atom stereocenters. The van der Waals surface area contributed by atoms with Gasteiger partial charge in [0.05, 0.1) is 4.92 Å². The minimum atomic E-state index is -0.722. The van der Waals surface area contributed by atoms with Gasteiger partial charge in [-0.1, -0.05) is 13.0 Å². The highest BCUT2D eigenvalue weighted by Crippen LogP contribution is 2.26. The fourth-order valence-corrected chi connectivity index (χ4v) is 2.62. The van der Waals surface area contributed by atoms with Crippen molar-refractivity contribution in [1.82, 2.24) is 5.32 Å². The number of carbonyl (C=O) groups is 1. The molecule has 1 aromatic heterocycles. The van der Waals surface area contributed by atoms with E-state index in [1.165, 1.54) is 6.07 Å². The number of hydrogen-bond acceptors (Lipinski definition) is 5. The first kappa shape index (κ1) is 15.0. The van der Waals surface area contributed by atoms with Crippen molar-refractivity contribution in [3.05, 3.63) is 56.3 Å². The Hall–Kier alpha value is -2.41. The molecule has 7 heteroatoms. The maximum Gasteiger partial charge on any atom is 0.311 e. The van der Waals surface area contributed by atoms with E-state index < -0.39 is 22.3 Å². The van der Waals surface area contributed by atoms with Crippen LogP contribution in [-0.2, 0) is 0 Å². The molecule has 2 aromatic rings. The molecule has 21 heavy (non-hydrogen) atoms. The lowest BCUT2D eigenvalue weighted by Gasteiger charge is -2.11. The van der Waals surface area contributed by atoms with Crippen molar-refractivity contribution in [2.75, 3.05) is 6.54 Å². The Morgan fingerprint density at radius 2 is 2.24 bits per heavy atom. The smallest absolute Gasteiger partial charge is 0.311 e. The molecule has 110 valence electrons. The predicted octanol–water partition coefficient (Wildman–Crippen LogP) is 2.90. The highest BCUT2D eigenvalue weighted by atomic mass is 32.1. The molecule has 1 atom stereocenters. The van der Waals surface area contributed by atoms with Gasteiger partial charge in [-0.25, -0.2) is 0 Å². The van der Waals surface area contributed by atoms with E-state index in [2.05, 4.69) is 5.32 Å². The average molecular weight is 306 g/mol. The summed E-state index contributed by atoms with van der Waals surface area (Å²) < 4.78 is 0. The van der Waals surface area contributed by atoms with Gasteiger partial charge in [0.25, 0.3) is 5.91 Å². The lowest BCUT2D eigenvalue weighted by molar-refractivity contribution is -0.385. The highest BCUT2D eigenvalue weighted by Gasteiger charge is 2.17. The number of aromatic hydroxyl groups is 1. The number of hydrogen-bond donors (Lipinski definition) is 2. The molecule has 0 saturated carbocycles. The van der Waals surface area contributed by atoms with E-state index in [0.717, 1.165) is 17.0 Å². The summed E-state index contributed by atoms with van der Waals surface area (Å²) in [4.78, 5) is 23.2. The lowest BCUT2D eigenvalue weighted by atomic mass is 10.1. The SMILES string of the molecule is C[C@@H](CNC(=O)c1ccc(O)c([N+](=O)[O-])c1)c1cccs1. The van der Waals surface area contributed by atoms with Crippen molar-refractivity contribution < 1.29 is 14.8 Å². The molecular formula is C14H14N2O4S. The van der Waals surface area contributed by atoms with Crippen molar-refractivity contribution in [3.8, 4) is 5.75 Å².